The van der Waals surface area contributed by atoms with Crippen LogP contribution in [-0.2, 0) is 12.1 Å². The molecule has 1 aliphatic heterocycles. The van der Waals surface area contributed by atoms with Crippen LogP contribution in [-0.4, -0.2) is 50.6 Å². The lowest BCUT2D eigenvalue weighted by molar-refractivity contribution is 0.0499. The number of piperidine rings is 1. The van der Waals surface area contributed by atoms with Gasteiger partial charge in [-0.1, -0.05) is 36.4 Å². The fourth-order valence-electron chi connectivity index (χ4n) is 5.01. The molecule has 0 radical (unpaired) electrons. The van der Waals surface area contributed by atoms with E-state index in [0.717, 1.165) is 56.8 Å². The zero-order chi connectivity index (χ0) is 24.0. The van der Waals surface area contributed by atoms with Gasteiger partial charge in [0.05, 0.1) is 0 Å². The minimum absolute atomic E-state index is 0.0457. The number of ether oxygens (including phenoxy) is 1. The fraction of sp³-hybridized carbons (Fsp3) is 0.429. The number of rotatable bonds is 10. The van der Waals surface area contributed by atoms with Gasteiger partial charge in [-0.05, 0) is 75.7 Å². The van der Waals surface area contributed by atoms with Crippen molar-refractivity contribution in [3.05, 3.63) is 87.9 Å². The van der Waals surface area contributed by atoms with Crippen molar-refractivity contribution >= 4 is 11.3 Å². The summed E-state index contributed by atoms with van der Waals surface area (Å²) >= 11 is 1.75. The fourth-order valence-corrected chi connectivity index (χ4v) is 5.79. The molecule has 1 atom stereocenters. The number of hydrogen-bond acceptors (Lipinski definition) is 5. The summed E-state index contributed by atoms with van der Waals surface area (Å²) in [6.07, 6.45) is 2.90. The second-order valence-corrected chi connectivity index (χ2v) is 10.3. The van der Waals surface area contributed by atoms with Crippen LogP contribution < -0.4 is 10.1 Å². The van der Waals surface area contributed by atoms with Gasteiger partial charge in [-0.2, -0.15) is 0 Å². The summed E-state index contributed by atoms with van der Waals surface area (Å²) < 4.78 is 20.6. The van der Waals surface area contributed by atoms with Gasteiger partial charge >= 0.3 is 0 Å². The predicted octanol–water partition coefficient (Wildman–Crippen LogP) is 5.67. The SMILES string of the molecule is CNCCC(Oc1ccccc1CN1CCC(c2cccc(F)c2)(N(C)C)CC1)c1cccs1. The molecule has 0 saturated carbocycles. The molecule has 2 aromatic carbocycles. The van der Waals surface area contributed by atoms with Crippen LogP contribution >= 0.6 is 11.3 Å². The van der Waals surface area contributed by atoms with Crippen LogP contribution in [0.5, 0.6) is 5.75 Å². The van der Waals surface area contributed by atoms with Gasteiger partial charge in [0.25, 0.3) is 0 Å². The predicted molar refractivity (Wildman–Crippen MR) is 139 cm³/mol. The number of para-hydroxylation sites is 1. The Labute approximate surface area is 207 Å². The molecule has 0 bridgehead atoms. The Hall–Kier alpha value is -2.25. The van der Waals surface area contributed by atoms with Gasteiger partial charge in [0.1, 0.15) is 17.7 Å². The Bertz CT molecular complexity index is 1030. The van der Waals surface area contributed by atoms with E-state index in [-0.39, 0.29) is 17.5 Å². The van der Waals surface area contributed by atoms with Crippen molar-refractivity contribution in [1.82, 2.24) is 15.1 Å². The number of hydrogen-bond donors (Lipinski definition) is 1. The minimum atomic E-state index is -0.161. The number of thiophene rings is 1. The maximum absolute atomic E-state index is 14.0. The van der Waals surface area contributed by atoms with Crippen molar-refractivity contribution < 1.29 is 9.13 Å². The molecule has 1 unspecified atom stereocenters. The Morgan fingerprint density at radius 2 is 1.88 bits per heavy atom. The highest BCUT2D eigenvalue weighted by molar-refractivity contribution is 7.10. The quantitative estimate of drug-likeness (QED) is 0.404. The van der Waals surface area contributed by atoms with Crippen LogP contribution in [0.2, 0.25) is 0 Å². The van der Waals surface area contributed by atoms with E-state index in [0.29, 0.717) is 0 Å². The maximum atomic E-state index is 14.0. The van der Waals surface area contributed by atoms with Gasteiger partial charge in [0, 0.05) is 42.0 Å². The Morgan fingerprint density at radius 1 is 1.09 bits per heavy atom. The average molecular weight is 482 g/mol. The lowest BCUT2D eigenvalue weighted by atomic mass is 9.79. The molecule has 0 amide bonds. The second-order valence-electron chi connectivity index (χ2n) is 9.33. The molecule has 1 saturated heterocycles. The van der Waals surface area contributed by atoms with Crippen LogP contribution in [0.25, 0.3) is 0 Å². The molecule has 182 valence electrons. The molecule has 4 rings (SSSR count). The zero-order valence-corrected chi connectivity index (χ0v) is 21.3. The van der Waals surface area contributed by atoms with Gasteiger partial charge < -0.3 is 10.1 Å². The second kappa shape index (κ2) is 11.5. The third kappa shape index (κ3) is 5.69. The molecule has 1 fully saturated rings. The van der Waals surface area contributed by atoms with E-state index < -0.39 is 0 Å². The normalized spacial score (nSPS) is 17.1. The third-order valence-electron chi connectivity index (χ3n) is 7.05. The summed E-state index contributed by atoms with van der Waals surface area (Å²) in [4.78, 5) is 6.02. The lowest BCUT2D eigenvalue weighted by Gasteiger charge is -2.46. The molecule has 3 aromatic rings. The highest BCUT2D eigenvalue weighted by atomic mass is 32.1. The number of benzene rings is 2. The smallest absolute Gasteiger partial charge is 0.134 e. The van der Waals surface area contributed by atoms with Crippen molar-refractivity contribution in [2.24, 2.45) is 0 Å². The topological polar surface area (TPSA) is 27.7 Å². The number of likely N-dealkylation sites (tertiary alicyclic amines) is 1. The molecular weight excluding hydrogens is 445 g/mol. The van der Waals surface area contributed by atoms with Gasteiger partial charge in [-0.25, -0.2) is 4.39 Å². The van der Waals surface area contributed by atoms with Crippen LogP contribution in [0.3, 0.4) is 0 Å². The highest BCUT2D eigenvalue weighted by Gasteiger charge is 2.38. The monoisotopic (exact) mass is 481 g/mol. The first-order valence-corrected chi connectivity index (χ1v) is 13.0. The summed E-state index contributed by atoms with van der Waals surface area (Å²) in [5.41, 5.74) is 2.16. The van der Waals surface area contributed by atoms with Crippen LogP contribution in [0, 0.1) is 5.82 Å². The summed E-state index contributed by atoms with van der Waals surface area (Å²) in [6.45, 7) is 3.67. The van der Waals surface area contributed by atoms with E-state index in [9.17, 15) is 4.39 Å². The van der Waals surface area contributed by atoms with Gasteiger partial charge in [-0.3, -0.25) is 9.80 Å². The molecule has 0 spiro atoms. The molecule has 1 N–H and O–H groups in total. The average Bonchev–Trinajstić information content (AvgIpc) is 3.38. The Morgan fingerprint density at radius 3 is 2.56 bits per heavy atom. The third-order valence-corrected chi connectivity index (χ3v) is 8.02. The van der Waals surface area contributed by atoms with E-state index >= 15 is 0 Å². The molecular formula is C28H36FN3OS. The van der Waals surface area contributed by atoms with Crippen molar-refractivity contribution in [1.29, 1.82) is 0 Å². The van der Waals surface area contributed by atoms with Crippen molar-refractivity contribution in [2.75, 3.05) is 40.8 Å². The highest BCUT2D eigenvalue weighted by Crippen LogP contribution is 2.38. The lowest BCUT2D eigenvalue weighted by Crippen LogP contribution is -2.50. The van der Waals surface area contributed by atoms with E-state index in [1.807, 2.05) is 13.1 Å². The van der Waals surface area contributed by atoms with Gasteiger partial charge in [0.15, 0.2) is 0 Å². The number of nitrogens with zero attached hydrogens (tertiary/aromatic N) is 2. The largest absolute Gasteiger partial charge is 0.485 e. The first-order chi connectivity index (χ1) is 16.5. The molecule has 6 heteroatoms. The van der Waals surface area contributed by atoms with E-state index in [1.54, 1.807) is 17.4 Å². The zero-order valence-electron chi connectivity index (χ0n) is 20.5. The van der Waals surface area contributed by atoms with Gasteiger partial charge in [-0.15, -0.1) is 11.3 Å². The Balaban J connectivity index is 1.46. The summed E-state index contributed by atoms with van der Waals surface area (Å²) in [6, 6.07) is 19.8. The Kier molecular flexibility index (Phi) is 8.37. The minimum Gasteiger partial charge on any atom is -0.485 e. The first kappa shape index (κ1) is 24.9. The summed E-state index contributed by atoms with van der Waals surface area (Å²) in [7, 11) is 6.20. The van der Waals surface area contributed by atoms with Crippen molar-refractivity contribution in [3.8, 4) is 5.75 Å². The molecule has 1 aromatic heterocycles. The van der Waals surface area contributed by atoms with Crippen molar-refractivity contribution in [2.45, 2.75) is 37.5 Å². The standard InChI is InChI=1S/C28H36FN3OS/c1-30-16-13-26(27-12-7-19-34-27)33-25-11-5-4-8-22(25)21-32-17-14-28(15-18-32,31(2)3)23-9-6-10-24(29)20-23/h4-12,19-20,26,30H,13-18,21H2,1-3H3. The van der Waals surface area contributed by atoms with Crippen LogP contribution in [0.4, 0.5) is 4.39 Å². The summed E-state index contributed by atoms with van der Waals surface area (Å²) in [5, 5.41) is 5.36. The van der Waals surface area contributed by atoms with Crippen molar-refractivity contribution in [3.63, 3.8) is 0 Å². The number of nitrogens with one attached hydrogen (secondary N) is 1. The van der Waals surface area contributed by atoms with Crippen LogP contribution in [0.15, 0.2) is 66.0 Å². The van der Waals surface area contributed by atoms with E-state index in [4.69, 9.17) is 4.74 Å². The molecule has 34 heavy (non-hydrogen) atoms. The molecule has 4 nitrogen and oxygen atoms in total. The molecule has 2 heterocycles. The number of halogens is 1. The van der Waals surface area contributed by atoms with Crippen LogP contribution in [0.1, 0.15) is 41.4 Å². The molecule has 0 aliphatic carbocycles. The molecule has 1 aliphatic rings. The first-order valence-electron chi connectivity index (χ1n) is 12.1. The van der Waals surface area contributed by atoms with E-state index in [1.165, 1.54) is 16.5 Å². The maximum Gasteiger partial charge on any atom is 0.134 e. The van der Waals surface area contributed by atoms with Gasteiger partial charge in [0.2, 0.25) is 0 Å². The van der Waals surface area contributed by atoms with E-state index in [2.05, 4.69) is 77.1 Å². The summed E-state index contributed by atoms with van der Waals surface area (Å²) in [5.74, 6) is 0.803.